The van der Waals surface area contributed by atoms with Gasteiger partial charge in [-0.2, -0.15) is 0 Å². The molecule has 0 saturated heterocycles. The molecule has 0 bridgehead atoms. The second-order valence-corrected chi connectivity index (χ2v) is 4.83. The van der Waals surface area contributed by atoms with Crippen LogP contribution in [-0.4, -0.2) is 37.4 Å². The molecule has 19 heavy (non-hydrogen) atoms. The third-order valence-corrected chi connectivity index (χ3v) is 3.04. The maximum absolute atomic E-state index is 12.1. The molecule has 1 aromatic carbocycles. The number of likely N-dealkylation sites (N-methyl/N-ethyl adjacent to an activating group) is 1. The van der Waals surface area contributed by atoms with Gasteiger partial charge in [-0.15, -0.1) is 0 Å². The van der Waals surface area contributed by atoms with Crippen LogP contribution in [0.4, 0.5) is 0 Å². The van der Waals surface area contributed by atoms with Crippen LogP contribution in [0, 0.1) is 0 Å². The highest BCUT2D eigenvalue weighted by Crippen LogP contribution is 2.12. The van der Waals surface area contributed by atoms with Crippen LogP contribution in [0.5, 0.6) is 5.75 Å². The summed E-state index contributed by atoms with van der Waals surface area (Å²) in [7, 11) is 2.00. The molecule has 0 radical (unpaired) electrons. The number of carbonyl (C=O) groups is 1. The first-order valence-corrected chi connectivity index (χ1v) is 7.12. The smallest absolute Gasteiger partial charge is 0.176 e. The van der Waals surface area contributed by atoms with Gasteiger partial charge in [0.15, 0.2) is 5.78 Å². The molecule has 0 fully saturated rings. The molecule has 106 valence electrons. The standard InChI is InChI=1S/C16H25NO2/c1-4-6-7-12-17(3)13-16(18)14-8-10-15(11-9-14)19-5-2/h8-11H,4-7,12-13H2,1-3H3. The minimum absolute atomic E-state index is 0.169. The fourth-order valence-electron chi connectivity index (χ4n) is 1.95. The zero-order valence-electron chi connectivity index (χ0n) is 12.3. The number of Topliss-reactive ketones (excluding diaryl/α,β-unsaturated/α-hetero) is 1. The zero-order chi connectivity index (χ0) is 14.1. The molecule has 0 aliphatic rings. The lowest BCUT2D eigenvalue weighted by atomic mass is 10.1. The molecule has 0 amide bonds. The Labute approximate surface area is 116 Å². The second kappa shape index (κ2) is 8.70. The van der Waals surface area contributed by atoms with Crippen molar-refractivity contribution in [2.45, 2.75) is 33.1 Å². The quantitative estimate of drug-likeness (QED) is 0.505. The van der Waals surface area contributed by atoms with Gasteiger partial charge in [-0.1, -0.05) is 19.8 Å². The summed E-state index contributed by atoms with van der Waals surface area (Å²) in [5, 5.41) is 0. The topological polar surface area (TPSA) is 29.5 Å². The molecule has 0 saturated carbocycles. The summed E-state index contributed by atoms with van der Waals surface area (Å²) in [6, 6.07) is 7.39. The first-order valence-electron chi connectivity index (χ1n) is 7.12. The summed E-state index contributed by atoms with van der Waals surface area (Å²) in [5.74, 6) is 0.984. The monoisotopic (exact) mass is 263 g/mol. The molecule has 0 atom stereocenters. The summed E-state index contributed by atoms with van der Waals surface area (Å²) in [4.78, 5) is 14.2. The lowest BCUT2D eigenvalue weighted by molar-refractivity contribution is 0.0945. The molecule has 0 aromatic heterocycles. The highest BCUT2D eigenvalue weighted by Gasteiger charge is 2.09. The van der Waals surface area contributed by atoms with E-state index in [2.05, 4.69) is 11.8 Å². The fraction of sp³-hybridized carbons (Fsp3) is 0.562. The highest BCUT2D eigenvalue weighted by atomic mass is 16.5. The van der Waals surface area contributed by atoms with Gasteiger partial charge in [0.1, 0.15) is 5.75 Å². The largest absolute Gasteiger partial charge is 0.494 e. The van der Waals surface area contributed by atoms with E-state index < -0.39 is 0 Å². The molecule has 0 spiro atoms. The van der Waals surface area contributed by atoms with Crippen molar-refractivity contribution >= 4 is 5.78 Å². The van der Waals surface area contributed by atoms with Crippen LogP contribution in [0.25, 0.3) is 0 Å². The molecule has 0 heterocycles. The fourth-order valence-corrected chi connectivity index (χ4v) is 1.95. The van der Waals surface area contributed by atoms with E-state index in [0.717, 1.165) is 24.3 Å². The summed E-state index contributed by atoms with van der Waals surface area (Å²) >= 11 is 0. The Hall–Kier alpha value is -1.35. The molecule has 0 unspecified atom stereocenters. The Bertz CT molecular complexity index is 373. The molecule has 0 N–H and O–H groups in total. The first-order chi connectivity index (χ1) is 9.17. The van der Waals surface area contributed by atoms with E-state index in [1.54, 1.807) is 0 Å². The van der Waals surface area contributed by atoms with Crippen molar-refractivity contribution in [3.8, 4) is 5.75 Å². The van der Waals surface area contributed by atoms with Crippen molar-refractivity contribution in [3.05, 3.63) is 29.8 Å². The Morgan fingerprint density at radius 3 is 2.42 bits per heavy atom. The van der Waals surface area contributed by atoms with Gasteiger partial charge in [0.25, 0.3) is 0 Å². The Balaban J connectivity index is 2.44. The highest BCUT2D eigenvalue weighted by molar-refractivity contribution is 5.97. The molecule has 1 aromatic rings. The van der Waals surface area contributed by atoms with Gasteiger partial charge in [0, 0.05) is 5.56 Å². The van der Waals surface area contributed by atoms with Crippen LogP contribution < -0.4 is 4.74 Å². The average Bonchev–Trinajstić information content (AvgIpc) is 2.40. The van der Waals surface area contributed by atoms with E-state index in [9.17, 15) is 4.79 Å². The van der Waals surface area contributed by atoms with E-state index >= 15 is 0 Å². The van der Waals surface area contributed by atoms with E-state index in [0.29, 0.717) is 13.2 Å². The van der Waals surface area contributed by atoms with Crippen molar-refractivity contribution < 1.29 is 9.53 Å². The number of carbonyl (C=O) groups excluding carboxylic acids is 1. The van der Waals surface area contributed by atoms with Crippen LogP contribution in [-0.2, 0) is 0 Å². The number of ether oxygens (including phenoxy) is 1. The van der Waals surface area contributed by atoms with Crippen molar-refractivity contribution in [3.63, 3.8) is 0 Å². The minimum Gasteiger partial charge on any atom is -0.494 e. The maximum atomic E-state index is 12.1. The number of unbranched alkanes of at least 4 members (excludes halogenated alkanes) is 2. The van der Waals surface area contributed by atoms with Gasteiger partial charge in [0.2, 0.25) is 0 Å². The predicted octanol–water partition coefficient (Wildman–Crippen LogP) is 3.39. The normalized spacial score (nSPS) is 10.7. The molecular weight excluding hydrogens is 238 g/mol. The van der Waals surface area contributed by atoms with Crippen LogP contribution in [0.1, 0.15) is 43.5 Å². The number of nitrogens with zero attached hydrogens (tertiary/aromatic N) is 1. The van der Waals surface area contributed by atoms with Crippen LogP contribution in [0.15, 0.2) is 24.3 Å². The van der Waals surface area contributed by atoms with Crippen molar-refractivity contribution in [2.24, 2.45) is 0 Å². The summed E-state index contributed by atoms with van der Waals surface area (Å²) < 4.78 is 5.37. The zero-order valence-corrected chi connectivity index (χ0v) is 12.3. The van der Waals surface area contributed by atoms with Crippen molar-refractivity contribution in [2.75, 3.05) is 26.7 Å². The lowest BCUT2D eigenvalue weighted by Crippen LogP contribution is -2.27. The number of rotatable bonds is 9. The van der Waals surface area contributed by atoms with Gasteiger partial charge in [-0.25, -0.2) is 0 Å². The Kier molecular flexibility index (Phi) is 7.19. The van der Waals surface area contributed by atoms with Crippen molar-refractivity contribution in [1.82, 2.24) is 4.90 Å². The van der Waals surface area contributed by atoms with E-state index in [-0.39, 0.29) is 5.78 Å². The first kappa shape index (κ1) is 15.7. The Morgan fingerprint density at radius 1 is 1.16 bits per heavy atom. The van der Waals surface area contributed by atoms with E-state index in [4.69, 9.17) is 4.74 Å². The van der Waals surface area contributed by atoms with Crippen LogP contribution in [0.3, 0.4) is 0 Å². The SMILES string of the molecule is CCCCCN(C)CC(=O)c1ccc(OCC)cc1. The molecule has 3 nitrogen and oxygen atoms in total. The molecule has 0 aliphatic heterocycles. The second-order valence-electron chi connectivity index (χ2n) is 4.83. The average molecular weight is 263 g/mol. The maximum Gasteiger partial charge on any atom is 0.176 e. The summed E-state index contributed by atoms with van der Waals surface area (Å²) in [6.07, 6.45) is 3.59. The number of hydrogen-bond donors (Lipinski definition) is 0. The predicted molar refractivity (Wildman–Crippen MR) is 79.0 cm³/mol. The van der Waals surface area contributed by atoms with Crippen LogP contribution in [0.2, 0.25) is 0 Å². The van der Waals surface area contributed by atoms with Gasteiger partial charge in [0.05, 0.1) is 13.2 Å². The van der Waals surface area contributed by atoms with Crippen molar-refractivity contribution in [1.29, 1.82) is 0 Å². The Morgan fingerprint density at radius 2 is 1.84 bits per heavy atom. The number of benzene rings is 1. The van der Waals surface area contributed by atoms with E-state index in [1.165, 1.54) is 12.8 Å². The third kappa shape index (κ3) is 5.88. The molecule has 3 heteroatoms. The van der Waals surface area contributed by atoms with Gasteiger partial charge in [-0.05, 0) is 51.2 Å². The van der Waals surface area contributed by atoms with E-state index in [1.807, 2.05) is 38.2 Å². The minimum atomic E-state index is 0.169. The van der Waals surface area contributed by atoms with Gasteiger partial charge >= 0.3 is 0 Å². The molecule has 0 aliphatic carbocycles. The molecule has 1 rings (SSSR count). The summed E-state index contributed by atoms with van der Waals surface area (Å²) in [5.41, 5.74) is 0.755. The van der Waals surface area contributed by atoms with Crippen LogP contribution >= 0.6 is 0 Å². The summed E-state index contributed by atoms with van der Waals surface area (Å²) in [6.45, 7) is 6.25. The third-order valence-electron chi connectivity index (χ3n) is 3.04. The number of ketones is 1. The van der Waals surface area contributed by atoms with Gasteiger partial charge < -0.3 is 4.74 Å². The molecular formula is C16H25NO2. The lowest BCUT2D eigenvalue weighted by Gasteiger charge is -2.15. The number of hydrogen-bond acceptors (Lipinski definition) is 3. The van der Waals surface area contributed by atoms with Gasteiger partial charge in [-0.3, -0.25) is 9.69 Å².